The van der Waals surface area contributed by atoms with Crippen LogP contribution in [-0.4, -0.2) is 72.2 Å². The summed E-state index contributed by atoms with van der Waals surface area (Å²) < 4.78 is 61.5. The van der Waals surface area contributed by atoms with Crippen LogP contribution in [0.1, 0.15) is 31.2 Å². The highest BCUT2D eigenvalue weighted by atomic mass is 19.3. The molecule has 0 saturated carbocycles. The molecule has 0 unspecified atom stereocenters. The predicted molar refractivity (Wildman–Crippen MR) is 144 cm³/mol. The van der Waals surface area contributed by atoms with Crippen LogP contribution in [0.5, 0.6) is 5.88 Å². The maximum Gasteiger partial charge on any atom is 0.320 e. The Labute approximate surface area is 235 Å². The maximum absolute atomic E-state index is 14.0. The highest BCUT2D eigenvalue weighted by Gasteiger charge is 2.39. The average Bonchev–Trinajstić information content (AvgIpc) is 3.49. The monoisotopic (exact) mass is 578 g/mol. The van der Waals surface area contributed by atoms with Gasteiger partial charge in [0, 0.05) is 13.0 Å². The first kappa shape index (κ1) is 29.1. The lowest BCUT2D eigenvalue weighted by Crippen LogP contribution is -2.45. The number of anilines is 1. The van der Waals surface area contributed by atoms with Crippen LogP contribution in [0.4, 0.5) is 28.2 Å². The van der Waals surface area contributed by atoms with Crippen LogP contribution in [0.15, 0.2) is 53.6 Å². The second-order valence-corrected chi connectivity index (χ2v) is 10.5. The van der Waals surface area contributed by atoms with Crippen molar-refractivity contribution in [3.05, 3.63) is 59.2 Å². The number of ether oxygens (including phenoxy) is 1. The third kappa shape index (κ3) is 7.08. The van der Waals surface area contributed by atoms with E-state index in [9.17, 15) is 22.4 Å². The summed E-state index contributed by atoms with van der Waals surface area (Å²) in [4.78, 5) is 19.0. The van der Waals surface area contributed by atoms with Gasteiger partial charge in [0.2, 0.25) is 5.88 Å². The molecule has 3 aliphatic rings. The lowest BCUT2D eigenvalue weighted by molar-refractivity contribution is -0.155. The number of rotatable bonds is 9. The molecule has 3 N–H and O–H groups in total. The molecule has 2 aliphatic heterocycles. The minimum Gasteiger partial charge on any atom is -0.476 e. The van der Waals surface area contributed by atoms with Gasteiger partial charge in [-0.3, -0.25) is 10.2 Å². The van der Waals surface area contributed by atoms with Crippen LogP contribution in [0.2, 0.25) is 0 Å². The fraction of sp³-hybridized carbons (Fsp3) is 0.500. The Kier molecular flexibility index (Phi) is 9.25. The third-order valence-corrected chi connectivity index (χ3v) is 7.48. The van der Waals surface area contributed by atoms with Gasteiger partial charge < -0.3 is 15.4 Å². The molecule has 2 atom stereocenters. The number of piperidine rings is 1. The molecule has 2 fully saturated rings. The molecule has 1 aromatic heterocycles. The summed E-state index contributed by atoms with van der Waals surface area (Å²) in [5.41, 5.74) is 1.70. The van der Waals surface area contributed by atoms with E-state index in [0.717, 1.165) is 37.1 Å². The number of hydrogen-bond acceptors (Lipinski definition) is 6. The number of hydroxylamine groups is 2. The molecule has 9 nitrogen and oxygen atoms in total. The van der Waals surface area contributed by atoms with Crippen LogP contribution in [0.3, 0.4) is 0 Å². The molecule has 0 spiro atoms. The van der Waals surface area contributed by atoms with E-state index in [1.165, 1.54) is 0 Å². The Morgan fingerprint density at radius 1 is 1.20 bits per heavy atom. The zero-order chi connectivity index (χ0) is 28.9. The molecule has 2 saturated heterocycles. The molecule has 0 radical (unpaired) electrons. The molecule has 222 valence electrons. The zero-order valence-electron chi connectivity index (χ0n) is 22.7. The smallest absolute Gasteiger partial charge is 0.320 e. The number of aromatic nitrogens is 2. The second kappa shape index (κ2) is 13.0. The van der Waals surface area contributed by atoms with Crippen molar-refractivity contribution in [2.45, 2.75) is 51.2 Å². The van der Waals surface area contributed by atoms with E-state index in [1.807, 2.05) is 30.3 Å². The number of nitrogens with one attached hydrogen (secondary N) is 3. The molecule has 41 heavy (non-hydrogen) atoms. The normalized spacial score (nSPS) is 22.2. The Hall–Kier alpha value is -3.42. The lowest BCUT2D eigenvalue weighted by atomic mass is 9.94. The van der Waals surface area contributed by atoms with Gasteiger partial charge in [0.15, 0.2) is 5.83 Å². The summed E-state index contributed by atoms with van der Waals surface area (Å²) in [7, 11) is 0. The number of hydrogen-bond donors (Lipinski definition) is 3. The van der Waals surface area contributed by atoms with E-state index in [-0.39, 0.29) is 19.4 Å². The summed E-state index contributed by atoms with van der Waals surface area (Å²) in [5.74, 6) is -0.729. The van der Waals surface area contributed by atoms with Crippen LogP contribution < -0.4 is 20.7 Å². The number of allylic oxidation sites excluding steroid dienone is 3. The number of urea groups is 1. The van der Waals surface area contributed by atoms with Crippen molar-refractivity contribution in [1.29, 1.82) is 0 Å². The molecule has 2 aromatic rings. The molecule has 5 rings (SSSR count). The van der Waals surface area contributed by atoms with Gasteiger partial charge in [-0.25, -0.2) is 27.0 Å². The van der Waals surface area contributed by atoms with E-state index >= 15 is 0 Å². The minimum absolute atomic E-state index is 0.0604. The zero-order valence-corrected chi connectivity index (χ0v) is 22.7. The predicted octanol–water partition coefficient (Wildman–Crippen LogP) is 4.80. The van der Waals surface area contributed by atoms with E-state index in [4.69, 9.17) is 9.57 Å². The lowest BCUT2D eigenvalue weighted by Gasteiger charge is -2.23. The second-order valence-electron chi connectivity index (χ2n) is 10.5. The van der Waals surface area contributed by atoms with Gasteiger partial charge in [0.25, 0.3) is 6.43 Å². The number of para-hydroxylation sites is 1. The van der Waals surface area contributed by atoms with Gasteiger partial charge >= 0.3 is 6.03 Å². The first-order chi connectivity index (χ1) is 19.8. The standard InChI is InChI=1S/C28H34F4N6O3/c1-17-26(38(20-5-3-2-4-6-20)36-27(17)40-16-18-9-11-33-12-10-18)35-28(39)34-23-14-37(15-24(31)32)41-25(23)19-7-8-21(29)22(30)13-19/h2-6,13,18,23-25,33H,7-12,14-16H2,1H3,(H2,34,35,39)/t23-,25+/m1/s1. The molecular formula is C28H34F4N6O3. The molecule has 3 heterocycles. The molecule has 1 aliphatic carbocycles. The van der Waals surface area contributed by atoms with Gasteiger partial charge in [-0.1, -0.05) is 18.2 Å². The number of amides is 2. The summed E-state index contributed by atoms with van der Waals surface area (Å²) >= 11 is 0. The van der Waals surface area contributed by atoms with Crippen molar-refractivity contribution in [3.8, 4) is 11.6 Å². The van der Waals surface area contributed by atoms with E-state index < -0.39 is 42.8 Å². The summed E-state index contributed by atoms with van der Waals surface area (Å²) in [6, 6.07) is 7.81. The fourth-order valence-corrected chi connectivity index (χ4v) is 5.30. The van der Waals surface area contributed by atoms with Crippen LogP contribution in [0, 0.1) is 12.8 Å². The first-order valence-corrected chi connectivity index (χ1v) is 13.8. The van der Waals surface area contributed by atoms with Crippen molar-refractivity contribution in [3.63, 3.8) is 0 Å². The van der Waals surface area contributed by atoms with Gasteiger partial charge in [-0.15, -0.1) is 5.10 Å². The van der Waals surface area contributed by atoms with Crippen LogP contribution in [-0.2, 0) is 4.84 Å². The number of nitrogens with zero attached hydrogens (tertiary/aromatic N) is 3. The average molecular weight is 579 g/mol. The number of alkyl halides is 2. The van der Waals surface area contributed by atoms with Crippen molar-refractivity contribution in [1.82, 2.24) is 25.5 Å². The van der Waals surface area contributed by atoms with Crippen molar-refractivity contribution >= 4 is 11.8 Å². The first-order valence-electron chi connectivity index (χ1n) is 13.8. The number of carbonyl (C=O) groups is 1. The van der Waals surface area contributed by atoms with Gasteiger partial charge in [0.05, 0.1) is 30.4 Å². The quantitative estimate of drug-likeness (QED) is 0.371. The molecule has 13 heteroatoms. The molecular weight excluding hydrogens is 544 g/mol. The Morgan fingerprint density at radius 2 is 1.95 bits per heavy atom. The van der Waals surface area contributed by atoms with Crippen molar-refractivity contribution in [2.75, 3.05) is 38.1 Å². The maximum atomic E-state index is 14.0. The van der Waals surface area contributed by atoms with Crippen LogP contribution >= 0.6 is 0 Å². The number of benzene rings is 1. The van der Waals surface area contributed by atoms with E-state index in [0.29, 0.717) is 41.0 Å². The highest BCUT2D eigenvalue weighted by molar-refractivity contribution is 5.90. The topological polar surface area (TPSA) is 92.7 Å². The highest BCUT2D eigenvalue weighted by Crippen LogP contribution is 2.33. The minimum atomic E-state index is -2.68. The van der Waals surface area contributed by atoms with E-state index in [1.54, 1.807) is 11.6 Å². The van der Waals surface area contributed by atoms with Crippen molar-refractivity contribution in [2.24, 2.45) is 5.92 Å². The largest absolute Gasteiger partial charge is 0.476 e. The molecule has 2 amide bonds. The fourth-order valence-electron chi connectivity index (χ4n) is 5.30. The van der Waals surface area contributed by atoms with Gasteiger partial charge in [0.1, 0.15) is 17.7 Å². The Morgan fingerprint density at radius 3 is 2.66 bits per heavy atom. The summed E-state index contributed by atoms with van der Waals surface area (Å²) in [5, 5.41) is 14.6. The van der Waals surface area contributed by atoms with Gasteiger partial charge in [-0.05, 0) is 69.0 Å². The summed E-state index contributed by atoms with van der Waals surface area (Å²) in [6.45, 7) is 3.43. The third-order valence-electron chi connectivity index (χ3n) is 7.48. The molecule has 0 bridgehead atoms. The number of halogens is 4. The molecule has 1 aromatic carbocycles. The summed E-state index contributed by atoms with van der Waals surface area (Å²) in [6.07, 6.45) is -0.608. The van der Waals surface area contributed by atoms with Crippen molar-refractivity contribution < 1.29 is 31.9 Å². The Balaban J connectivity index is 1.34. The van der Waals surface area contributed by atoms with Crippen LogP contribution in [0.25, 0.3) is 5.69 Å². The van der Waals surface area contributed by atoms with Gasteiger partial charge in [-0.2, -0.15) is 5.06 Å². The van der Waals surface area contributed by atoms with E-state index in [2.05, 4.69) is 21.0 Å². The SMILES string of the molecule is Cc1c(OCC2CCNCC2)nn(-c2ccccc2)c1NC(=O)N[C@@H]1CN(CC(F)F)O[C@H]1C1=CC(F)=C(F)CC1. The Bertz CT molecular complexity index is 1280. The number of carbonyl (C=O) groups excluding carboxylic acids is 1.